The molecule has 1 aromatic carbocycles. The summed E-state index contributed by atoms with van der Waals surface area (Å²) in [6.45, 7) is 0. The molecule has 0 aliphatic heterocycles. The first-order valence-electron chi connectivity index (χ1n) is 8.60. The molecule has 0 spiro atoms. The average molecular weight is 370 g/mol. The molecule has 0 fully saturated rings. The minimum atomic E-state index is -0.122. The van der Waals surface area contributed by atoms with E-state index in [2.05, 4.69) is 20.2 Å². The Balaban J connectivity index is 1.65. The van der Waals surface area contributed by atoms with Crippen molar-refractivity contribution in [2.75, 3.05) is 0 Å². The molecule has 5 rings (SSSR count). The lowest BCUT2D eigenvalue weighted by atomic mass is 10.1. The van der Waals surface area contributed by atoms with E-state index in [9.17, 15) is 4.79 Å². The van der Waals surface area contributed by atoms with Gasteiger partial charge in [0.2, 0.25) is 5.82 Å². The van der Waals surface area contributed by atoms with Gasteiger partial charge in [0.05, 0.1) is 5.69 Å². The summed E-state index contributed by atoms with van der Waals surface area (Å²) in [4.78, 5) is 21.5. The molecule has 8 heteroatoms. The molecule has 136 valence electrons. The van der Waals surface area contributed by atoms with Crippen molar-refractivity contribution >= 4 is 10.8 Å². The predicted molar refractivity (Wildman–Crippen MR) is 103 cm³/mol. The molecule has 4 aromatic heterocycles. The minimum Gasteiger partial charge on any atom is -0.332 e. The zero-order valence-corrected chi connectivity index (χ0v) is 14.9. The number of hydrogen-bond acceptors (Lipinski definition) is 6. The van der Waals surface area contributed by atoms with Crippen LogP contribution < -0.4 is 5.56 Å². The number of fused-ring (bicyclic) bond motifs is 1. The molecule has 0 atom stereocenters. The van der Waals surface area contributed by atoms with Crippen molar-refractivity contribution in [3.63, 3.8) is 0 Å². The van der Waals surface area contributed by atoms with Gasteiger partial charge in [0, 0.05) is 31.0 Å². The topological polar surface area (TPSA) is 91.6 Å². The number of rotatable bonds is 3. The molecule has 0 radical (unpaired) electrons. The van der Waals surface area contributed by atoms with E-state index in [0.29, 0.717) is 22.6 Å². The van der Waals surface area contributed by atoms with E-state index in [1.807, 2.05) is 48.7 Å². The maximum absolute atomic E-state index is 12.7. The summed E-state index contributed by atoms with van der Waals surface area (Å²) < 4.78 is 8.66. The Hall–Kier alpha value is -4.07. The van der Waals surface area contributed by atoms with Gasteiger partial charge < -0.3 is 9.09 Å². The smallest absolute Gasteiger partial charge is 0.275 e. The van der Waals surface area contributed by atoms with Crippen LogP contribution in [0, 0.1) is 0 Å². The van der Waals surface area contributed by atoms with Crippen LogP contribution in [0.5, 0.6) is 0 Å². The van der Waals surface area contributed by atoms with E-state index in [-0.39, 0.29) is 11.4 Å². The fourth-order valence-corrected chi connectivity index (χ4v) is 3.15. The van der Waals surface area contributed by atoms with Crippen LogP contribution in [0.25, 0.3) is 39.6 Å². The molecule has 0 amide bonds. The second-order valence-corrected chi connectivity index (χ2v) is 6.23. The van der Waals surface area contributed by atoms with Crippen LogP contribution in [0.4, 0.5) is 0 Å². The Morgan fingerprint density at radius 1 is 1.04 bits per heavy atom. The van der Waals surface area contributed by atoms with Crippen LogP contribution in [-0.4, -0.2) is 29.5 Å². The normalized spacial score (nSPS) is 11.2. The average Bonchev–Trinajstić information content (AvgIpc) is 3.43. The van der Waals surface area contributed by atoms with E-state index in [1.54, 1.807) is 30.2 Å². The van der Waals surface area contributed by atoms with Gasteiger partial charge in [-0.1, -0.05) is 23.4 Å². The second-order valence-electron chi connectivity index (χ2n) is 6.23. The van der Waals surface area contributed by atoms with Crippen molar-refractivity contribution in [2.24, 2.45) is 7.05 Å². The van der Waals surface area contributed by atoms with Crippen LogP contribution in [0.1, 0.15) is 0 Å². The van der Waals surface area contributed by atoms with E-state index >= 15 is 0 Å². The van der Waals surface area contributed by atoms with Crippen LogP contribution in [0.2, 0.25) is 0 Å². The fourth-order valence-electron chi connectivity index (χ4n) is 3.15. The molecule has 5 aromatic rings. The molecule has 4 heterocycles. The van der Waals surface area contributed by atoms with E-state index < -0.39 is 0 Å². The van der Waals surface area contributed by atoms with Crippen LogP contribution in [0.15, 0.2) is 76.4 Å². The molecule has 0 saturated carbocycles. The summed E-state index contributed by atoms with van der Waals surface area (Å²) in [5.41, 5.74) is 1.68. The zero-order valence-electron chi connectivity index (χ0n) is 14.9. The third-order valence-corrected chi connectivity index (χ3v) is 4.54. The maximum Gasteiger partial charge on any atom is 0.275 e. The number of benzene rings is 1. The van der Waals surface area contributed by atoms with Gasteiger partial charge >= 0.3 is 0 Å². The van der Waals surface area contributed by atoms with Crippen molar-refractivity contribution in [1.29, 1.82) is 0 Å². The van der Waals surface area contributed by atoms with Gasteiger partial charge in [0.1, 0.15) is 11.4 Å². The lowest BCUT2D eigenvalue weighted by Gasteiger charge is -2.06. The van der Waals surface area contributed by atoms with Crippen molar-refractivity contribution in [1.82, 2.24) is 29.5 Å². The number of hydrogen-bond donors (Lipinski definition) is 0. The minimum absolute atomic E-state index is 0.122. The molecular formula is C20H14N6O2. The first-order chi connectivity index (χ1) is 13.7. The Bertz CT molecular complexity index is 1350. The first-order valence-corrected chi connectivity index (χ1v) is 8.60. The molecule has 0 aliphatic carbocycles. The van der Waals surface area contributed by atoms with Crippen molar-refractivity contribution in [3.05, 3.63) is 77.5 Å². The molecule has 0 saturated heterocycles. The van der Waals surface area contributed by atoms with E-state index in [0.717, 1.165) is 11.1 Å². The van der Waals surface area contributed by atoms with E-state index in [1.165, 1.54) is 4.57 Å². The van der Waals surface area contributed by atoms with Gasteiger partial charge in [0.15, 0.2) is 0 Å². The molecule has 0 aliphatic rings. The third-order valence-electron chi connectivity index (χ3n) is 4.54. The molecular weight excluding hydrogens is 356 g/mol. The van der Waals surface area contributed by atoms with Crippen molar-refractivity contribution < 1.29 is 4.52 Å². The number of nitrogens with zero attached hydrogens (tertiary/aromatic N) is 6. The fraction of sp³-hybridized carbons (Fsp3) is 0.0500. The number of aromatic nitrogens is 6. The highest BCUT2D eigenvalue weighted by molar-refractivity contribution is 5.84. The SMILES string of the molecule is Cn1c(-c2nc(-c3ncccc3-n3cccn3)no2)cc2ccccc2c1=O. The lowest BCUT2D eigenvalue weighted by Crippen LogP contribution is -2.18. The summed E-state index contributed by atoms with van der Waals surface area (Å²) in [5, 5.41) is 9.77. The summed E-state index contributed by atoms with van der Waals surface area (Å²) in [5.74, 6) is 0.569. The van der Waals surface area contributed by atoms with Crippen molar-refractivity contribution in [2.45, 2.75) is 0 Å². The zero-order chi connectivity index (χ0) is 19.1. The van der Waals surface area contributed by atoms with Gasteiger partial charge in [-0.15, -0.1) is 0 Å². The van der Waals surface area contributed by atoms with Gasteiger partial charge in [-0.2, -0.15) is 10.1 Å². The maximum atomic E-state index is 12.7. The Kier molecular flexibility index (Phi) is 3.61. The van der Waals surface area contributed by atoms with Crippen molar-refractivity contribution in [3.8, 4) is 28.8 Å². The van der Waals surface area contributed by atoms with Crippen LogP contribution in [0.3, 0.4) is 0 Å². The Morgan fingerprint density at radius 2 is 1.93 bits per heavy atom. The molecule has 0 unspecified atom stereocenters. The second kappa shape index (κ2) is 6.27. The highest BCUT2D eigenvalue weighted by Crippen LogP contribution is 2.25. The quantitative estimate of drug-likeness (QED) is 0.485. The van der Waals surface area contributed by atoms with Gasteiger partial charge in [-0.05, 0) is 35.7 Å². The largest absolute Gasteiger partial charge is 0.332 e. The molecule has 28 heavy (non-hydrogen) atoms. The predicted octanol–water partition coefficient (Wildman–Crippen LogP) is 2.84. The first kappa shape index (κ1) is 16.1. The van der Waals surface area contributed by atoms with Gasteiger partial charge in [-0.25, -0.2) is 4.68 Å². The Morgan fingerprint density at radius 3 is 2.79 bits per heavy atom. The Labute approximate surface area is 158 Å². The lowest BCUT2D eigenvalue weighted by molar-refractivity contribution is 0.429. The highest BCUT2D eigenvalue weighted by Gasteiger charge is 2.18. The molecule has 0 N–H and O–H groups in total. The monoisotopic (exact) mass is 370 g/mol. The summed E-state index contributed by atoms with van der Waals surface area (Å²) >= 11 is 0. The summed E-state index contributed by atoms with van der Waals surface area (Å²) in [6, 6.07) is 14.8. The van der Waals surface area contributed by atoms with Crippen LogP contribution >= 0.6 is 0 Å². The summed E-state index contributed by atoms with van der Waals surface area (Å²) in [6.07, 6.45) is 5.15. The van der Waals surface area contributed by atoms with Gasteiger partial charge in [-0.3, -0.25) is 9.78 Å². The van der Waals surface area contributed by atoms with Gasteiger partial charge in [0.25, 0.3) is 11.4 Å². The van der Waals surface area contributed by atoms with Crippen LogP contribution in [-0.2, 0) is 7.05 Å². The summed E-state index contributed by atoms with van der Waals surface area (Å²) in [7, 11) is 1.68. The molecule has 8 nitrogen and oxygen atoms in total. The molecule has 0 bridgehead atoms. The highest BCUT2D eigenvalue weighted by atomic mass is 16.5. The van der Waals surface area contributed by atoms with E-state index in [4.69, 9.17) is 4.52 Å². The third kappa shape index (κ3) is 2.50. The number of pyridine rings is 2. The standard InChI is InChI=1S/C20H14N6O2/c1-25-16(12-13-6-2-3-7-14(13)20(25)27)19-23-18(24-28-19)17-15(8-4-9-21-17)26-11-5-10-22-26/h2-12H,1H3.